The van der Waals surface area contributed by atoms with Crippen LogP contribution in [0.1, 0.15) is 28.6 Å². The molecule has 1 amide bonds. The van der Waals surface area contributed by atoms with Crippen LogP contribution in [-0.4, -0.2) is 53.9 Å². The summed E-state index contributed by atoms with van der Waals surface area (Å²) in [6, 6.07) is 5.98. The van der Waals surface area contributed by atoms with E-state index in [4.69, 9.17) is 4.42 Å². The Morgan fingerprint density at radius 1 is 1.35 bits per heavy atom. The number of nitrogens with zero attached hydrogens (tertiary/aromatic N) is 2. The Labute approximate surface area is 151 Å². The Morgan fingerprint density at radius 2 is 2.15 bits per heavy atom. The molecule has 136 valence electrons. The highest BCUT2D eigenvalue weighted by Crippen LogP contribution is 2.38. The van der Waals surface area contributed by atoms with Gasteiger partial charge in [-0.1, -0.05) is 6.07 Å². The lowest BCUT2D eigenvalue weighted by molar-refractivity contribution is -0.858. The van der Waals surface area contributed by atoms with E-state index in [0.29, 0.717) is 12.1 Å². The van der Waals surface area contributed by atoms with Gasteiger partial charge in [0, 0.05) is 25.4 Å². The average molecular weight is 356 g/mol. The van der Waals surface area contributed by atoms with Crippen LogP contribution < -0.4 is 4.90 Å². The molecule has 0 aliphatic carbocycles. The summed E-state index contributed by atoms with van der Waals surface area (Å²) in [5.41, 5.74) is 0.715. The number of quaternary nitrogens is 1. The van der Waals surface area contributed by atoms with Gasteiger partial charge >= 0.3 is 0 Å². The number of hydrogen-bond acceptors (Lipinski definition) is 5. The molecule has 0 saturated heterocycles. The highest BCUT2D eigenvalue weighted by molar-refractivity contribution is 6.14. The molecule has 1 atom stereocenters. The summed E-state index contributed by atoms with van der Waals surface area (Å²) < 4.78 is 5.18. The van der Waals surface area contributed by atoms with E-state index in [1.807, 2.05) is 14.1 Å². The van der Waals surface area contributed by atoms with Gasteiger partial charge in [0.05, 0.1) is 38.5 Å². The van der Waals surface area contributed by atoms with Gasteiger partial charge in [-0.25, -0.2) is 0 Å². The van der Waals surface area contributed by atoms with Gasteiger partial charge in [0.25, 0.3) is 5.91 Å². The Hall–Kier alpha value is -2.93. The first-order valence-corrected chi connectivity index (χ1v) is 8.52. The van der Waals surface area contributed by atoms with Crippen LogP contribution in [0.25, 0.3) is 0 Å². The van der Waals surface area contributed by atoms with Crippen LogP contribution in [0.3, 0.4) is 0 Å². The zero-order valence-corrected chi connectivity index (χ0v) is 14.8. The first-order chi connectivity index (χ1) is 12.5. The lowest BCUT2D eigenvalue weighted by Crippen LogP contribution is -3.05. The fourth-order valence-electron chi connectivity index (χ4n) is 3.14. The molecule has 7 heteroatoms. The fraction of sp³-hybridized carbons (Fsp3) is 0.316. The molecule has 0 bridgehead atoms. The molecule has 7 nitrogen and oxygen atoms in total. The van der Waals surface area contributed by atoms with Gasteiger partial charge in [-0.05, 0) is 23.8 Å². The standard InChI is InChI=1S/C19H21N3O4/c1-21(2)9-5-10-22-16(13-6-3-8-20-12-13)15(18(24)19(22)25)17(23)14-7-4-11-26-14/h3-4,6-8,11-12,16,24H,5,9-10H2,1-2H3/p+1. The second-order valence-corrected chi connectivity index (χ2v) is 6.57. The molecule has 1 unspecified atom stereocenters. The number of carbonyl (C=O) groups excluding carboxylic acids is 2. The van der Waals surface area contributed by atoms with E-state index in [-0.39, 0.29) is 11.3 Å². The quantitative estimate of drug-likeness (QED) is 0.716. The van der Waals surface area contributed by atoms with Crippen molar-refractivity contribution in [3.05, 3.63) is 65.6 Å². The van der Waals surface area contributed by atoms with Crippen molar-refractivity contribution in [2.24, 2.45) is 0 Å². The van der Waals surface area contributed by atoms with E-state index in [1.54, 1.807) is 30.6 Å². The molecule has 1 aliphatic rings. The lowest BCUT2D eigenvalue weighted by atomic mass is 9.96. The smallest absolute Gasteiger partial charge is 0.290 e. The number of carbonyl (C=O) groups is 2. The van der Waals surface area contributed by atoms with E-state index >= 15 is 0 Å². The highest BCUT2D eigenvalue weighted by atomic mass is 16.3. The van der Waals surface area contributed by atoms with Crippen molar-refractivity contribution in [3.63, 3.8) is 0 Å². The molecule has 0 fully saturated rings. The van der Waals surface area contributed by atoms with Crippen molar-refractivity contribution in [3.8, 4) is 0 Å². The number of Topliss-reactive ketones (excluding diaryl/α,β-unsaturated/α-hetero) is 1. The molecular formula is C19H22N3O4+. The van der Waals surface area contributed by atoms with Crippen molar-refractivity contribution >= 4 is 11.7 Å². The van der Waals surface area contributed by atoms with Gasteiger partial charge in [-0.15, -0.1) is 0 Å². The number of aliphatic hydroxyl groups is 1. The predicted octanol–water partition coefficient (Wildman–Crippen LogP) is 0.788. The van der Waals surface area contributed by atoms with Gasteiger partial charge in [0.15, 0.2) is 11.5 Å². The normalized spacial score (nSPS) is 17.4. The largest absolute Gasteiger partial charge is 0.503 e. The van der Waals surface area contributed by atoms with Crippen molar-refractivity contribution in [2.75, 3.05) is 27.2 Å². The fourth-order valence-corrected chi connectivity index (χ4v) is 3.14. The lowest BCUT2D eigenvalue weighted by Gasteiger charge is -2.26. The van der Waals surface area contributed by atoms with Crippen LogP contribution in [0.15, 0.2) is 58.7 Å². The maximum atomic E-state index is 12.9. The van der Waals surface area contributed by atoms with Crippen molar-refractivity contribution in [1.82, 2.24) is 9.88 Å². The van der Waals surface area contributed by atoms with Gasteiger partial charge in [0.2, 0.25) is 5.78 Å². The molecule has 3 heterocycles. The second-order valence-electron chi connectivity index (χ2n) is 6.57. The van der Waals surface area contributed by atoms with Crippen LogP contribution in [0.5, 0.6) is 0 Å². The number of amides is 1. The van der Waals surface area contributed by atoms with Gasteiger partial charge < -0.3 is 19.3 Å². The van der Waals surface area contributed by atoms with E-state index in [1.165, 1.54) is 22.1 Å². The topological polar surface area (TPSA) is 88.1 Å². The summed E-state index contributed by atoms with van der Waals surface area (Å²) in [7, 11) is 4.07. The molecule has 0 radical (unpaired) electrons. The third-order valence-corrected chi connectivity index (χ3v) is 4.37. The Balaban J connectivity index is 1.97. The van der Waals surface area contributed by atoms with Crippen molar-refractivity contribution in [2.45, 2.75) is 12.5 Å². The Kier molecular flexibility index (Phi) is 5.18. The zero-order chi connectivity index (χ0) is 18.7. The number of aromatic nitrogens is 1. The number of aliphatic hydroxyl groups excluding tert-OH is 1. The molecule has 3 rings (SSSR count). The number of nitrogens with one attached hydrogen (secondary N) is 1. The minimum atomic E-state index is -0.675. The minimum absolute atomic E-state index is 0.0372. The third-order valence-electron chi connectivity index (χ3n) is 4.37. The number of rotatable bonds is 7. The second kappa shape index (κ2) is 7.53. The molecule has 2 aromatic rings. The maximum Gasteiger partial charge on any atom is 0.290 e. The summed E-state index contributed by atoms with van der Waals surface area (Å²) in [6.07, 6.45) is 5.37. The van der Waals surface area contributed by atoms with Gasteiger partial charge in [-0.2, -0.15) is 0 Å². The molecule has 2 N–H and O–H groups in total. The van der Waals surface area contributed by atoms with Crippen molar-refractivity contribution in [1.29, 1.82) is 0 Å². The molecule has 0 spiro atoms. The Morgan fingerprint density at radius 3 is 2.77 bits per heavy atom. The van der Waals surface area contributed by atoms with E-state index < -0.39 is 23.5 Å². The number of pyridine rings is 1. The first kappa shape index (κ1) is 17.9. The summed E-state index contributed by atoms with van der Waals surface area (Å²) in [5.74, 6) is -1.46. The SMILES string of the molecule is C[NH+](C)CCCN1C(=O)C(O)=C(C(=O)c2ccco2)C1c1cccnc1. The van der Waals surface area contributed by atoms with E-state index in [0.717, 1.165) is 13.0 Å². The maximum absolute atomic E-state index is 12.9. The van der Waals surface area contributed by atoms with Crippen LogP contribution in [0.2, 0.25) is 0 Å². The Bertz CT molecular complexity index is 813. The van der Waals surface area contributed by atoms with Gasteiger partial charge in [0.1, 0.15) is 0 Å². The molecule has 2 aromatic heterocycles. The number of ketones is 1. The molecule has 0 aromatic carbocycles. The summed E-state index contributed by atoms with van der Waals surface area (Å²) in [5, 5.41) is 10.4. The summed E-state index contributed by atoms with van der Waals surface area (Å²) in [6.45, 7) is 1.30. The highest BCUT2D eigenvalue weighted by Gasteiger charge is 2.44. The van der Waals surface area contributed by atoms with E-state index in [9.17, 15) is 14.7 Å². The molecule has 1 aliphatic heterocycles. The molecule has 26 heavy (non-hydrogen) atoms. The van der Waals surface area contributed by atoms with Crippen molar-refractivity contribution < 1.29 is 24.0 Å². The van der Waals surface area contributed by atoms with Crippen LogP contribution in [-0.2, 0) is 4.79 Å². The van der Waals surface area contributed by atoms with Crippen LogP contribution in [0, 0.1) is 0 Å². The van der Waals surface area contributed by atoms with Crippen LogP contribution >= 0.6 is 0 Å². The molecule has 0 saturated carbocycles. The summed E-state index contributed by atoms with van der Waals surface area (Å²) in [4.78, 5) is 32.4. The predicted molar refractivity (Wildman–Crippen MR) is 93.7 cm³/mol. The third kappa shape index (κ3) is 3.39. The molecular weight excluding hydrogens is 334 g/mol. The monoisotopic (exact) mass is 356 g/mol. The van der Waals surface area contributed by atoms with Crippen LogP contribution in [0.4, 0.5) is 0 Å². The summed E-state index contributed by atoms with van der Waals surface area (Å²) >= 11 is 0. The first-order valence-electron chi connectivity index (χ1n) is 8.52. The number of hydrogen-bond donors (Lipinski definition) is 2. The minimum Gasteiger partial charge on any atom is -0.503 e. The average Bonchev–Trinajstić information content (AvgIpc) is 3.24. The van der Waals surface area contributed by atoms with E-state index in [2.05, 4.69) is 4.98 Å². The zero-order valence-electron chi connectivity index (χ0n) is 14.8. The number of furan rings is 1. The van der Waals surface area contributed by atoms with Gasteiger partial charge in [-0.3, -0.25) is 14.6 Å².